The van der Waals surface area contributed by atoms with E-state index < -0.39 is 28.3 Å². The highest BCUT2D eigenvalue weighted by Crippen LogP contribution is 2.11. The average Bonchev–Trinajstić information content (AvgIpc) is 2.50. The number of aliphatic carboxylic acids is 1. The molecule has 0 unspecified atom stereocenters. The first kappa shape index (κ1) is 23.1. The first-order chi connectivity index (χ1) is 11.8. The molecule has 8 nitrogen and oxygen atoms in total. The van der Waals surface area contributed by atoms with Gasteiger partial charge in [-0.3, -0.25) is 4.79 Å². The molecule has 0 aromatic heterocycles. The summed E-state index contributed by atoms with van der Waals surface area (Å²) in [4.78, 5) is 32.6. The molecule has 9 heteroatoms. The SMILES string of the molecule is CCCCCCCCCCCC(=O)OS(=O)(=O)OC(=O)/C=C\C(=O)O. The van der Waals surface area contributed by atoms with Gasteiger partial charge in [0.2, 0.25) is 0 Å². The van der Waals surface area contributed by atoms with Gasteiger partial charge in [0.05, 0.1) is 0 Å². The fraction of sp³-hybridized carbons (Fsp3) is 0.688. The predicted molar refractivity (Wildman–Crippen MR) is 89.7 cm³/mol. The molecule has 0 heterocycles. The molecule has 0 aliphatic rings. The van der Waals surface area contributed by atoms with Crippen LogP contribution in [-0.2, 0) is 33.1 Å². The Morgan fingerprint density at radius 1 is 0.840 bits per heavy atom. The molecule has 0 radical (unpaired) electrons. The monoisotopic (exact) mass is 378 g/mol. The summed E-state index contributed by atoms with van der Waals surface area (Å²) in [5, 5.41) is 8.29. The lowest BCUT2D eigenvalue weighted by molar-refractivity contribution is -0.137. The molecular weight excluding hydrogens is 352 g/mol. The van der Waals surface area contributed by atoms with Gasteiger partial charge in [0.1, 0.15) is 0 Å². The molecule has 0 atom stereocenters. The van der Waals surface area contributed by atoms with Gasteiger partial charge in [0.15, 0.2) is 0 Å². The zero-order valence-corrected chi connectivity index (χ0v) is 15.3. The number of carboxylic acid groups (broad SMARTS) is 1. The Kier molecular flexibility index (Phi) is 12.4. The maximum Gasteiger partial charge on any atom is 0.506 e. The van der Waals surface area contributed by atoms with Crippen molar-refractivity contribution >= 4 is 28.3 Å². The second-order valence-corrected chi connectivity index (χ2v) is 6.67. The van der Waals surface area contributed by atoms with E-state index in [2.05, 4.69) is 15.3 Å². The van der Waals surface area contributed by atoms with Crippen molar-refractivity contribution < 1.29 is 36.3 Å². The lowest BCUT2D eigenvalue weighted by Crippen LogP contribution is -2.18. The van der Waals surface area contributed by atoms with Crippen molar-refractivity contribution in [1.82, 2.24) is 0 Å². The Labute approximate surface area is 148 Å². The number of rotatable bonds is 14. The maximum atomic E-state index is 11.4. The molecule has 0 aliphatic carbocycles. The van der Waals surface area contributed by atoms with Crippen molar-refractivity contribution in [2.45, 2.75) is 71.1 Å². The van der Waals surface area contributed by atoms with Crippen molar-refractivity contribution in [3.05, 3.63) is 12.2 Å². The summed E-state index contributed by atoms with van der Waals surface area (Å²) in [7, 11) is -4.83. The topological polar surface area (TPSA) is 124 Å². The number of hydrogen-bond acceptors (Lipinski definition) is 7. The number of unbranched alkanes of at least 4 members (excludes halogenated alkanes) is 8. The smallest absolute Gasteiger partial charge is 0.478 e. The quantitative estimate of drug-likeness (QED) is 0.361. The maximum absolute atomic E-state index is 11.4. The predicted octanol–water partition coefficient (Wildman–Crippen LogP) is 2.88. The van der Waals surface area contributed by atoms with E-state index in [1.54, 1.807) is 0 Å². The van der Waals surface area contributed by atoms with Crippen LogP contribution < -0.4 is 0 Å². The molecule has 0 bridgehead atoms. The third kappa shape index (κ3) is 15.4. The minimum atomic E-state index is -4.83. The highest BCUT2D eigenvalue weighted by molar-refractivity contribution is 7.82. The average molecular weight is 378 g/mol. The van der Waals surface area contributed by atoms with Crippen molar-refractivity contribution in [3.8, 4) is 0 Å². The van der Waals surface area contributed by atoms with Gasteiger partial charge in [-0.2, -0.15) is 0 Å². The third-order valence-electron chi connectivity index (χ3n) is 3.23. The molecule has 0 aromatic rings. The molecule has 25 heavy (non-hydrogen) atoms. The molecule has 0 rings (SSSR count). The van der Waals surface area contributed by atoms with E-state index >= 15 is 0 Å². The molecule has 0 aliphatic heterocycles. The minimum Gasteiger partial charge on any atom is -0.478 e. The Bertz CT molecular complexity index is 550. The second kappa shape index (κ2) is 13.4. The van der Waals surface area contributed by atoms with E-state index in [4.69, 9.17) is 5.11 Å². The second-order valence-electron chi connectivity index (χ2n) is 5.52. The van der Waals surface area contributed by atoms with Crippen LogP contribution in [0.25, 0.3) is 0 Å². The van der Waals surface area contributed by atoms with Crippen LogP contribution in [-0.4, -0.2) is 31.4 Å². The number of carbonyl (C=O) groups is 3. The Balaban J connectivity index is 3.86. The number of hydrogen-bond donors (Lipinski definition) is 1. The lowest BCUT2D eigenvalue weighted by Gasteiger charge is -2.04. The van der Waals surface area contributed by atoms with Gasteiger partial charge < -0.3 is 13.5 Å². The molecule has 1 N–H and O–H groups in total. The zero-order valence-electron chi connectivity index (χ0n) is 14.4. The van der Waals surface area contributed by atoms with E-state index in [1.165, 1.54) is 25.7 Å². The molecule has 0 aromatic carbocycles. The van der Waals surface area contributed by atoms with Crippen molar-refractivity contribution in [3.63, 3.8) is 0 Å². The molecular formula is C16H26O8S. The first-order valence-electron chi connectivity index (χ1n) is 8.38. The van der Waals surface area contributed by atoms with Crippen molar-refractivity contribution in [2.75, 3.05) is 0 Å². The normalized spacial score (nSPS) is 11.4. The summed E-state index contributed by atoms with van der Waals surface area (Å²) in [6.07, 6.45) is 10.0. The van der Waals surface area contributed by atoms with Crippen molar-refractivity contribution in [1.29, 1.82) is 0 Å². The molecule has 144 valence electrons. The number of carboxylic acids is 1. The zero-order chi connectivity index (χ0) is 19.1. The largest absolute Gasteiger partial charge is 0.506 e. The van der Waals surface area contributed by atoms with Gasteiger partial charge in [0.25, 0.3) is 0 Å². The summed E-state index contributed by atoms with van der Waals surface area (Å²) in [6, 6.07) is 0. The van der Waals surface area contributed by atoms with Gasteiger partial charge >= 0.3 is 28.3 Å². The van der Waals surface area contributed by atoms with E-state index in [9.17, 15) is 22.8 Å². The fourth-order valence-corrected chi connectivity index (χ4v) is 2.62. The van der Waals surface area contributed by atoms with Gasteiger partial charge in [-0.15, -0.1) is 8.42 Å². The van der Waals surface area contributed by atoms with E-state index in [0.717, 1.165) is 25.7 Å². The van der Waals surface area contributed by atoms with Crippen LogP contribution in [0.4, 0.5) is 0 Å². The highest BCUT2D eigenvalue weighted by atomic mass is 32.3. The van der Waals surface area contributed by atoms with Crippen LogP contribution in [0.2, 0.25) is 0 Å². The van der Waals surface area contributed by atoms with Crippen LogP contribution in [0, 0.1) is 0 Å². The Morgan fingerprint density at radius 3 is 1.88 bits per heavy atom. The molecule has 0 fully saturated rings. The van der Waals surface area contributed by atoms with Gasteiger partial charge in [0, 0.05) is 18.6 Å². The van der Waals surface area contributed by atoms with E-state index in [0.29, 0.717) is 18.6 Å². The summed E-state index contributed by atoms with van der Waals surface area (Å²) >= 11 is 0. The highest BCUT2D eigenvalue weighted by Gasteiger charge is 2.21. The summed E-state index contributed by atoms with van der Waals surface area (Å²) in [5.74, 6) is -3.92. The summed E-state index contributed by atoms with van der Waals surface area (Å²) in [6.45, 7) is 2.16. The van der Waals surface area contributed by atoms with Crippen LogP contribution in [0.15, 0.2) is 12.2 Å². The van der Waals surface area contributed by atoms with E-state index in [1.807, 2.05) is 0 Å². The van der Waals surface area contributed by atoms with Crippen LogP contribution in [0.1, 0.15) is 71.1 Å². The van der Waals surface area contributed by atoms with Gasteiger partial charge in [-0.05, 0) is 6.42 Å². The number of carbonyl (C=O) groups excluding carboxylic acids is 2. The van der Waals surface area contributed by atoms with Gasteiger partial charge in [-0.1, -0.05) is 58.3 Å². The fourth-order valence-electron chi connectivity index (χ4n) is 2.02. The minimum absolute atomic E-state index is 0.0996. The van der Waals surface area contributed by atoms with Gasteiger partial charge in [-0.25, -0.2) is 9.59 Å². The third-order valence-corrected chi connectivity index (χ3v) is 3.98. The van der Waals surface area contributed by atoms with Crippen LogP contribution in [0.5, 0.6) is 0 Å². The molecule has 0 amide bonds. The molecule has 0 saturated heterocycles. The van der Waals surface area contributed by atoms with E-state index in [-0.39, 0.29) is 6.42 Å². The summed E-state index contributed by atoms with van der Waals surface area (Å²) < 4.78 is 30.6. The standard InChI is InChI=1S/C16H26O8S/c1-2-3-4-5-6-7-8-9-10-11-15(19)23-25(21,22)24-16(20)13-12-14(17)18/h12-13H,2-11H2,1H3,(H,17,18)/b13-12-. The van der Waals surface area contributed by atoms with Crippen LogP contribution in [0.3, 0.4) is 0 Å². The molecule has 0 spiro atoms. The Hall–Kier alpha value is -1.90. The van der Waals surface area contributed by atoms with Crippen molar-refractivity contribution in [2.24, 2.45) is 0 Å². The molecule has 0 saturated carbocycles. The summed E-state index contributed by atoms with van der Waals surface area (Å²) in [5.41, 5.74) is 0. The lowest BCUT2D eigenvalue weighted by atomic mass is 10.1. The Morgan fingerprint density at radius 2 is 1.36 bits per heavy atom. The van der Waals surface area contributed by atoms with Crippen LogP contribution >= 0.6 is 0 Å². The first-order valence-corrected chi connectivity index (χ1v) is 9.72.